The van der Waals surface area contributed by atoms with Crippen molar-refractivity contribution in [2.24, 2.45) is 0 Å². The molecule has 0 unspecified atom stereocenters. The summed E-state index contributed by atoms with van der Waals surface area (Å²) in [5, 5.41) is 2.38. The molecule has 0 aromatic heterocycles. The van der Waals surface area contributed by atoms with Crippen LogP contribution in [0.2, 0.25) is 0 Å². The summed E-state index contributed by atoms with van der Waals surface area (Å²) in [7, 11) is 1.51. The monoisotopic (exact) mass is 401 g/mol. The molecule has 152 valence electrons. The molecule has 1 aliphatic heterocycles. The number of halogens is 1. The summed E-state index contributed by atoms with van der Waals surface area (Å²) >= 11 is 0. The topological polar surface area (TPSA) is 83.1 Å². The van der Waals surface area contributed by atoms with Crippen molar-refractivity contribution in [2.75, 3.05) is 25.6 Å². The van der Waals surface area contributed by atoms with Gasteiger partial charge >= 0.3 is 5.97 Å². The molecule has 8 heteroatoms. The summed E-state index contributed by atoms with van der Waals surface area (Å²) in [4.78, 5) is 24.1. The summed E-state index contributed by atoms with van der Waals surface area (Å²) in [5.74, 6) is -0.439. The van der Waals surface area contributed by atoms with E-state index >= 15 is 0 Å². The van der Waals surface area contributed by atoms with Crippen molar-refractivity contribution < 1.29 is 32.9 Å². The third-order valence-electron chi connectivity index (χ3n) is 4.06. The minimum atomic E-state index is -1.11. The maximum Gasteiger partial charge on any atom is 0.331 e. The van der Waals surface area contributed by atoms with Gasteiger partial charge in [-0.15, -0.1) is 0 Å². The van der Waals surface area contributed by atoms with Crippen molar-refractivity contribution in [3.8, 4) is 17.2 Å². The number of anilines is 1. The molecule has 2 aromatic carbocycles. The van der Waals surface area contributed by atoms with Crippen molar-refractivity contribution in [1.82, 2.24) is 0 Å². The molecule has 0 fully saturated rings. The average molecular weight is 401 g/mol. The number of esters is 1. The lowest BCUT2D eigenvalue weighted by molar-refractivity contribution is -0.148. The molecule has 0 bridgehead atoms. The van der Waals surface area contributed by atoms with Gasteiger partial charge in [0.1, 0.15) is 19.0 Å². The lowest BCUT2D eigenvalue weighted by Crippen LogP contribution is -2.29. The minimum Gasteiger partial charge on any atom is -0.493 e. The number of nitrogens with one attached hydrogen (secondary N) is 1. The number of amides is 1. The second-order valence-corrected chi connectivity index (χ2v) is 6.13. The Bertz CT molecular complexity index is 926. The molecular formula is C21H20FNO6. The van der Waals surface area contributed by atoms with Crippen LogP contribution in [-0.2, 0) is 14.3 Å². The number of para-hydroxylation sites is 1. The molecule has 1 amide bonds. The second-order valence-electron chi connectivity index (χ2n) is 6.13. The maximum atomic E-state index is 13.6. The predicted molar refractivity (Wildman–Crippen MR) is 104 cm³/mol. The van der Waals surface area contributed by atoms with Gasteiger partial charge in [-0.05, 0) is 42.8 Å². The fraction of sp³-hybridized carbons (Fsp3) is 0.238. The maximum absolute atomic E-state index is 13.6. The predicted octanol–water partition coefficient (Wildman–Crippen LogP) is 3.19. The number of hydrogen-bond donors (Lipinski definition) is 1. The number of benzene rings is 2. The number of carbonyl (C=O) groups is 2. The molecule has 1 heterocycles. The summed E-state index contributed by atoms with van der Waals surface area (Å²) in [6, 6.07) is 9.11. The van der Waals surface area contributed by atoms with Crippen LogP contribution in [-0.4, -0.2) is 38.3 Å². The quantitative estimate of drug-likeness (QED) is 0.591. The van der Waals surface area contributed by atoms with Crippen LogP contribution in [0, 0.1) is 5.82 Å². The van der Waals surface area contributed by atoms with E-state index in [0.717, 1.165) is 0 Å². The van der Waals surface area contributed by atoms with Gasteiger partial charge in [-0.3, -0.25) is 4.79 Å². The first-order valence-corrected chi connectivity index (χ1v) is 8.89. The molecule has 0 saturated heterocycles. The van der Waals surface area contributed by atoms with E-state index in [1.54, 1.807) is 18.2 Å². The van der Waals surface area contributed by atoms with Crippen LogP contribution in [0.1, 0.15) is 12.5 Å². The lowest BCUT2D eigenvalue weighted by atomic mass is 10.1. The van der Waals surface area contributed by atoms with E-state index in [9.17, 15) is 14.0 Å². The lowest BCUT2D eigenvalue weighted by Gasteiger charge is -2.20. The van der Waals surface area contributed by atoms with Gasteiger partial charge in [-0.1, -0.05) is 12.1 Å². The number of hydrogen-bond acceptors (Lipinski definition) is 6. The number of rotatable bonds is 6. The zero-order valence-electron chi connectivity index (χ0n) is 15.9. The van der Waals surface area contributed by atoms with Crippen LogP contribution < -0.4 is 19.5 Å². The van der Waals surface area contributed by atoms with Crippen molar-refractivity contribution in [1.29, 1.82) is 0 Å². The Kier molecular flexibility index (Phi) is 6.33. The molecule has 0 aliphatic carbocycles. The number of carbonyl (C=O) groups excluding carboxylic acids is 2. The Morgan fingerprint density at radius 2 is 1.97 bits per heavy atom. The van der Waals surface area contributed by atoms with Gasteiger partial charge < -0.3 is 24.3 Å². The molecular weight excluding hydrogens is 381 g/mol. The Morgan fingerprint density at radius 3 is 2.72 bits per heavy atom. The Morgan fingerprint density at radius 1 is 1.21 bits per heavy atom. The highest BCUT2D eigenvalue weighted by Gasteiger charge is 2.19. The third kappa shape index (κ3) is 5.04. The van der Waals surface area contributed by atoms with E-state index in [2.05, 4.69) is 5.32 Å². The smallest absolute Gasteiger partial charge is 0.331 e. The van der Waals surface area contributed by atoms with Crippen molar-refractivity contribution in [3.63, 3.8) is 0 Å². The van der Waals surface area contributed by atoms with Crippen LogP contribution in [0.3, 0.4) is 0 Å². The van der Waals surface area contributed by atoms with E-state index in [1.807, 2.05) is 0 Å². The molecule has 0 saturated carbocycles. The molecule has 7 nitrogen and oxygen atoms in total. The van der Waals surface area contributed by atoms with Gasteiger partial charge in [0.05, 0.1) is 12.8 Å². The van der Waals surface area contributed by atoms with E-state index in [0.29, 0.717) is 36.0 Å². The average Bonchev–Trinajstić information content (AvgIpc) is 2.73. The minimum absolute atomic E-state index is 0.0133. The van der Waals surface area contributed by atoms with Crippen LogP contribution in [0.5, 0.6) is 17.2 Å². The summed E-state index contributed by atoms with van der Waals surface area (Å²) in [6.07, 6.45) is 1.57. The van der Waals surface area contributed by atoms with E-state index < -0.39 is 23.8 Å². The van der Waals surface area contributed by atoms with Crippen LogP contribution in [0.4, 0.5) is 10.1 Å². The first-order valence-electron chi connectivity index (χ1n) is 8.89. The Hall–Kier alpha value is -3.55. The molecule has 1 atom stereocenters. The fourth-order valence-corrected chi connectivity index (χ4v) is 2.62. The first kappa shape index (κ1) is 20.2. The normalized spacial score (nSPS) is 13.6. The Balaban J connectivity index is 1.62. The number of ether oxygens (including phenoxy) is 4. The number of methoxy groups -OCH3 is 1. The zero-order chi connectivity index (χ0) is 20.8. The third-order valence-corrected chi connectivity index (χ3v) is 4.06. The standard InChI is InChI=1S/C21H20FNO6/c1-13(21(25)23-16-6-4-3-5-15(16)22)29-19(24)8-7-14-11-17(26-2)20-18(12-14)27-9-10-28-20/h3-8,11-13H,9-10H2,1-2H3,(H,23,25)/b8-7+/t13-/m1/s1. The van der Waals surface area contributed by atoms with Crippen molar-refractivity contribution >= 4 is 23.6 Å². The molecule has 29 heavy (non-hydrogen) atoms. The molecule has 1 N–H and O–H groups in total. The van der Waals surface area contributed by atoms with Gasteiger partial charge in [-0.2, -0.15) is 0 Å². The van der Waals surface area contributed by atoms with Gasteiger partial charge in [-0.25, -0.2) is 9.18 Å². The zero-order valence-corrected chi connectivity index (χ0v) is 15.9. The summed E-state index contributed by atoms with van der Waals surface area (Å²) in [6.45, 7) is 2.24. The molecule has 0 radical (unpaired) electrons. The Labute approximate surface area is 167 Å². The largest absolute Gasteiger partial charge is 0.493 e. The first-order chi connectivity index (χ1) is 14.0. The van der Waals surface area contributed by atoms with E-state index in [4.69, 9.17) is 18.9 Å². The highest BCUT2D eigenvalue weighted by molar-refractivity contribution is 5.96. The summed E-state index contributed by atoms with van der Waals surface area (Å²) in [5.41, 5.74) is 0.644. The van der Waals surface area contributed by atoms with Gasteiger partial charge in [0.25, 0.3) is 5.91 Å². The van der Waals surface area contributed by atoms with Crippen molar-refractivity contribution in [3.05, 3.63) is 53.9 Å². The van der Waals surface area contributed by atoms with Gasteiger partial charge in [0.2, 0.25) is 5.75 Å². The van der Waals surface area contributed by atoms with Crippen molar-refractivity contribution in [2.45, 2.75) is 13.0 Å². The number of fused-ring (bicyclic) bond motifs is 1. The van der Waals surface area contributed by atoms with Crippen LogP contribution >= 0.6 is 0 Å². The fourth-order valence-electron chi connectivity index (χ4n) is 2.62. The highest BCUT2D eigenvalue weighted by Crippen LogP contribution is 2.40. The van der Waals surface area contributed by atoms with Crippen LogP contribution in [0.15, 0.2) is 42.5 Å². The van der Waals surface area contributed by atoms with E-state index in [1.165, 1.54) is 44.4 Å². The van der Waals surface area contributed by atoms with E-state index in [-0.39, 0.29) is 5.69 Å². The highest BCUT2D eigenvalue weighted by atomic mass is 19.1. The molecule has 2 aromatic rings. The molecule has 3 rings (SSSR count). The van der Waals surface area contributed by atoms with Gasteiger partial charge in [0, 0.05) is 6.08 Å². The molecule has 1 aliphatic rings. The second kappa shape index (κ2) is 9.09. The summed E-state index contributed by atoms with van der Waals surface area (Å²) < 4.78 is 35.0. The molecule has 0 spiro atoms. The van der Waals surface area contributed by atoms with Crippen LogP contribution in [0.25, 0.3) is 6.08 Å². The SMILES string of the molecule is COc1cc(/C=C/C(=O)O[C@H](C)C(=O)Nc2ccccc2F)cc2c1OCCO2. The van der Waals surface area contributed by atoms with Gasteiger partial charge in [0.15, 0.2) is 17.6 Å².